The standard InChI is InChI=1S/C17H18ClNOS/c1-4-12-14(11-7-5-6-8-13(11)20-12)16(19-3)17-15(18)10(2)9-21-17/h5-9,16,19H,4H2,1-3H3. The molecule has 0 aliphatic heterocycles. The Morgan fingerprint density at radius 2 is 2.10 bits per heavy atom. The van der Waals surface area contributed by atoms with E-state index in [1.807, 2.05) is 26.1 Å². The Morgan fingerprint density at radius 1 is 1.33 bits per heavy atom. The van der Waals surface area contributed by atoms with Crippen molar-refractivity contribution in [3.8, 4) is 0 Å². The van der Waals surface area contributed by atoms with E-state index < -0.39 is 0 Å². The van der Waals surface area contributed by atoms with E-state index in [1.165, 1.54) is 5.56 Å². The summed E-state index contributed by atoms with van der Waals surface area (Å²) in [4.78, 5) is 1.15. The van der Waals surface area contributed by atoms with Crippen LogP contribution in [0.2, 0.25) is 5.02 Å². The third-order valence-electron chi connectivity index (χ3n) is 3.80. The molecule has 0 saturated heterocycles. The minimum absolute atomic E-state index is 0.0646. The summed E-state index contributed by atoms with van der Waals surface area (Å²) in [6.45, 7) is 4.17. The maximum absolute atomic E-state index is 6.49. The third kappa shape index (κ3) is 2.39. The van der Waals surface area contributed by atoms with Crippen molar-refractivity contribution in [3.63, 3.8) is 0 Å². The third-order valence-corrected chi connectivity index (χ3v) is 5.58. The minimum Gasteiger partial charge on any atom is -0.461 e. The van der Waals surface area contributed by atoms with Crippen molar-refractivity contribution in [2.75, 3.05) is 7.05 Å². The zero-order valence-corrected chi connectivity index (χ0v) is 13.9. The van der Waals surface area contributed by atoms with Crippen molar-refractivity contribution in [1.29, 1.82) is 0 Å². The predicted molar refractivity (Wildman–Crippen MR) is 90.6 cm³/mol. The highest BCUT2D eigenvalue weighted by atomic mass is 35.5. The van der Waals surface area contributed by atoms with Crippen LogP contribution in [0.5, 0.6) is 0 Å². The monoisotopic (exact) mass is 319 g/mol. The van der Waals surface area contributed by atoms with E-state index in [9.17, 15) is 0 Å². The maximum Gasteiger partial charge on any atom is 0.134 e. The zero-order valence-electron chi connectivity index (χ0n) is 12.4. The summed E-state index contributed by atoms with van der Waals surface area (Å²) >= 11 is 8.18. The van der Waals surface area contributed by atoms with E-state index in [2.05, 4.69) is 29.8 Å². The number of aryl methyl sites for hydroxylation is 2. The largest absolute Gasteiger partial charge is 0.461 e. The molecule has 1 N–H and O–H groups in total. The smallest absolute Gasteiger partial charge is 0.134 e. The van der Waals surface area contributed by atoms with Gasteiger partial charge < -0.3 is 9.73 Å². The van der Waals surface area contributed by atoms with E-state index in [4.69, 9.17) is 16.0 Å². The van der Waals surface area contributed by atoms with E-state index in [1.54, 1.807) is 11.3 Å². The lowest BCUT2D eigenvalue weighted by atomic mass is 10.00. The van der Waals surface area contributed by atoms with Crippen LogP contribution in [-0.4, -0.2) is 7.05 Å². The molecule has 0 radical (unpaired) electrons. The number of nitrogens with one attached hydrogen (secondary N) is 1. The van der Waals surface area contributed by atoms with Gasteiger partial charge >= 0.3 is 0 Å². The molecular weight excluding hydrogens is 302 g/mol. The number of fused-ring (bicyclic) bond motifs is 1. The highest BCUT2D eigenvalue weighted by Crippen LogP contribution is 2.40. The molecule has 2 nitrogen and oxygen atoms in total. The van der Waals surface area contributed by atoms with Gasteiger partial charge in [0, 0.05) is 22.2 Å². The first-order valence-corrected chi connectivity index (χ1v) is 8.34. The van der Waals surface area contributed by atoms with Crippen molar-refractivity contribution >= 4 is 33.9 Å². The van der Waals surface area contributed by atoms with Crippen LogP contribution in [0.15, 0.2) is 34.1 Å². The van der Waals surface area contributed by atoms with Crippen molar-refractivity contribution in [3.05, 3.63) is 56.4 Å². The molecular formula is C17H18ClNOS. The van der Waals surface area contributed by atoms with Crippen LogP contribution >= 0.6 is 22.9 Å². The molecule has 3 aromatic rings. The van der Waals surface area contributed by atoms with Crippen molar-refractivity contribution in [2.24, 2.45) is 0 Å². The molecule has 1 atom stereocenters. The van der Waals surface area contributed by atoms with Crippen LogP contribution in [0, 0.1) is 6.92 Å². The van der Waals surface area contributed by atoms with Gasteiger partial charge in [-0.2, -0.15) is 0 Å². The summed E-state index contributed by atoms with van der Waals surface area (Å²) in [5.74, 6) is 1.03. The molecule has 0 amide bonds. The molecule has 110 valence electrons. The SMILES string of the molecule is CCc1oc2ccccc2c1C(NC)c1scc(C)c1Cl. The second-order valence-electron chi connectivity index (χ2n) is 5.11. The van der Waals surface area contributed by atoms with Gasteiger partial charge in [0.2, 0.25) is 0 Å². The number of halogens is 1. The summed E-state index contributed by atoms with van der Waals surface area (Å²) in [5.41, 5.74) is 3.27. The minimum atomic E-state index is 0.0646. The van der Waals surface area contributed by atoms with E-state index in [0.717, 1.165) is 38.6 Å². The summed E-state index contributed by atoms with van der Waals surface area (Å²) in [7, 11) is 1.97. The molecule has 0 aliphatic carbocycles. The van der Waals surface area contributed by atoms with Gasteiger partial charge in [0.05, 0.1) is 11.1 Å². The van der Waals surface area contributed by atoms with E-state index in [0.29, 0.717) is 0 Å². The lowest BCUT2D eigenvalue weighted by molar-refractivity contribution is 0.540. The predicted octanol–water partition coefficient (Wildman–Crippen LogP) is 5.33. The first-order chi connectivity index (χ1) is 10.2. The lowest BCUT2D eigenvalue weighted by Gasteiger charge is -2.16. The Morgan fingerprint density at radius 3 is 2.71 bits per heavy atom. The Hall–Kier alpha value is -1.29. The molecule has 2 heterocycles. The van der Waals surface area contributed by atoms with E-state index in [-0.39, 0.29) is 6.04 Å². The molecule has 21 heavy (non-hydrogen) atoms. The van der Waals surface area contributed by atoms with Crippen molar-refractivity contribution in [2.45, 2.75) is 26.3 Å². The second kappa shape index (κ2) is 5.84. The quantitative estimate of drug-likeness (QED) is 0.703. The maximum atomic E-state index is 6.49. The van der Waals surface area contributed by atoms with Gasteiger partial charge in [0.25, 0.3) is 0 Å². The fourth-order valence-electron chi connectivity index (χ4n) is 2.75. The molecule has 3 rings (SSSR count). The highest BCUT2D eigenvalue weighted by Gasteiger charge is 2.25. The van der Waals surface area contributed by atoms with Crippen LogP contribution in [0.4, 0.5) is 0 Å². The van der Waals surface area contributed by atoms with Crippen molar-refractivity contribution < 1.29 is 4.42 Å². The topological polar surface area (TPSA) is 25.2 Å². The zero-order chi connectivity index (χ0) is 15.0. The summed E-state index contributed by atoms with van der Waals surface area (Å²) in [6.07, 6.45) is 0.865. The summed E-state index contributed by atoms with van der Waals surface area (Å²) < 4.78 is 6.02. The fourth-order valence-corrected chi connectivity index (χ4v) is 4.17. The molecule has 4 heteroatoms. The number of benzene rings is 1. The number of rotatable bonds is 4. The second-order valence-corrected chi connectivity index (χ2v) is 6.40. The molecule has 1 aromatic carbocycles. The first-order valence-electron chi connectivity index (χ1n) is 7.08. The van der Waals surface area contributed by atoms with Crippen LogP contribution in [0.25, 0.3) is 11.0 Å². The molecule has 0 spiro atoms. The Labute approximate surface area is 133 Å². The average Bonchev–Trinajstić information content (AvgIpc) is 3.03. The normalized spacial score (nSPS) is 13.0. The molecule has 1 unspecified atom stereocenters. The molecule has 0 fully saturated rings. The summed E-state index contributed by atoms with van der Waals surface area (Å²) in [5, 5.41) is 7.53. The highest BCUT2D eigenvalue weighted by molar-refractivity contribution is 7.10. The molecule has 0 bridgehead atoms. The lowest BCUT2D eigenvalue weighted by Crippen LogP contribution is -2.17. The summed E-state index contributed by atoms with van der Waals surface area (Å²) in [6, 6.07) is 8.26. The Balaban J connectivity index is 2.23. The van der Waals surface area contributed by atoms with Crippen LogP contribution in [0.3, 0.4) is 0 Å². The number of hydrogen-bond acceptors (Lipinski definition) is 3. The fraction of sp³-hybridized carbons (Fsp3) is 0.294. The van der Waals surface area contributed by atoms with Gasteiger partial charge in [-0.15, -0.1) is 11.3 Å². The van der Waals surface area contributed by atoms with Gasteiger partial charge in [-0.1, -0.05) is 36.7 Å². The average molecular weight is 320 g/mol. The van der Waals surface area contributed by atoms with Crippen LogP contribution in [0.1, 0.15) is 34.7 Å². The van der Waals surface area contributed by atoms with Crippen LogP contribution < -0.4 is 5.32 Å². The van der Waals surface area contributed by atoms with Crippen LogP contribution in [-0.2, 0) is 6.42 Å². The van der Waals surface area contributed by atoms with Gasteiger partial charge in [-0.25, -0.2) is 0 Å². The van der Waals surface area contributed by atoms with Crippen molar-refractivity contribution in [1.82, 2.24) is 5.32 Å². The first kappa shape index (κ1) is 14.6. The Kier molecular flexibility index (Phi) is 4.07. The van der Waals surface area contributed by atoms with Gasteiger partial charge in [0.15, 0.2) is 0 Å². The number of para-hydroxylation sites is 1. The van der Waals surface area contributed by atoms with Gasteiger partial charge in [0.1, 0.15) is 11.3 Å². The number of hydrogen-bond donors (Lipinski definition) is 1. The Bertz CT molecular complexity index is 774. The molecule has 0 aliphatic rings. The van der Waals surface area contributed by atoms with E-state index >= 15 is 0 Å². The van der Waals surface area contributed by atoms with Gasteiger partial charge in [-0.05, 0) is 31.0 Å². The number of thiophene rings is 1. The molecule has 0 saturated carbocycles. The number of furan rings is 1. The van der Waals surface area contributed by atoms with Gasteiger partial charge in [-0.3, -0.25) is 0 Å². The molecule has 2 aromatic heterocycles.